The van der Waals surface area contributed by atoms with E-state index in [0.717, 1.165) is 19.4 Å². The van der Waals surface area contributed by atoms with E-state index in [2.05, 4.69) is 42.4 Å². The summed E-state index contributed by atoms with van der Waals surface area (Å²) < 4.78 is 0. The summed E-state index contributed by atoms with van der Waals surface area (Å²) in [5.41, 5.74) is 3.72. The Morgan fingerprint density at radius 3 is 3.11 bits per heavy atom. The predicted octanol–water partition coefficient (Wildman–Crippen LogP) is 3.15. The average Bonchev–Trinajstić information content (AvgIpc) is 2.80. The molecule has 1 N–H and O–H groups in total. The Labute approximate surface area is 112 Å². The molecule has 0 saturated carbocycles. The van der Waals surface area contributed by atoms with Gasteiger partial charge in [0.1, 0.15) is 0 Å². The van der Waals surface area contributed by atoms with Gasteiger partial charge in [0.15, 0.2) is 0 Å². The lowest BCUT2D eigenvalue weighted by atomic mass is 10.1. The van der Waals surface area contributed by atoms with E-state index in [4.69, 9.17) is 0 Å². The SMILES string of the molecule is Cc1ccc2[nH]cc(CCN3C=CCCC3=O)c2c1. The molecule has 2 heterocycles. The molecule has 0 saturated heterocycles. The van der Waals surface area contributed by atoms with Gasteiger partial charge in [0.05, 0.1) is 0 Å². The molecule has 0 radical (unpaired) electrons. The minimum absolute atomic E-state index is 0.235. The van der Waals surface area contributed by atoms with Crippen molar-refractivity contribution in [3.8, 4) is 0 Å². The number of nitrogens with one attached hydrogen (secondary N) is 1. The van der Waals surface area contributed by atoms with Crippen LogP contribution in [0.3, 0.4) is 0 Å². The van der Waals surface area contributed by atoms with E-state index in [0.29, 0.717) is 6.42 Å². The van der Waals surface area contributed by atoms with Crippen molar-refractivity contribution in [1.82, 2.24) is 9.88 Å². The van der Waals surface area contributed by atoms with Crippen molar-refractivity contribution in [1.29, 1.82) is 0 Å². The van der Waals surface area contributed by atoms with E-state index < -0.39 is 0 Å². The van der Waals surface area contributed by atoms with Crippen LogP contribution >= 0.6 is 0 Å². The molecule has 3 heteroatoms. The van der Waals surface area contributed by atoms with Crippen molar-refractivity contribution in [3.05, 3.63) is 47.8 Å². The molecule has 3 rings (SSSR count). The van der Waals surface area contributed by atoms with E-state index in [1.54, 1.807) is 0 Å². The number of carbonyl (C=O) groups excluding carboxylic acids is 1. The Hall–Kier alpha value is -2.03. The second kappa shape index (κ2) is 4.92. The molecule has 0 spiro atoms. The number of carbonyl (C=O) groups is 1. The smallest absolute Gasteiger partial charge is 0.226 e. The van der Waals surface area contributed by atoms with Gasteiger partial charge in [0, 0.05) is 36.3 Å². The molecular formula is C16H18N2O. The summed E-state index contributed by atoms with van der Waals surface area (Å²) in [4.78, 5) is 16.9. The van der Waals surface area contributed by atoms with Crippen molar-refractivity contribution in [2.45, 2.75) is 26.2 Å². The van der Waals surface area contributed by atoms with Gasteiger partial charge >= 0.3 is 0 Å². The monoisotopic (exact) mass is 254 g/mol. The summed E-state index contributed by atoms with van der Waals surface area (Å²) in [6, 6.07) is 6.43. The number of amides is 1. The molecule has 0 aliphatic carbocycles. The summed E-state index contributed by atoms with van der Waals surface area (Å²) >= 11 is 0. The zero-order chi connectivity index (χ0) is 13.2. The van der Waals surface area contributed by atoms with Crippen LogP contribution in [0.4, 0.5) is 0 Å². The van der Waals surface area contributed by atoms with Gasteiger partial charge in [-0.05, 0) is 37.5 Å². The number of rotatable bonds is 3. The second-order valence-electron chi connectivity index (χ2n) is 5.12. The van der Waals surface area contributed by atoms with Gasteiger partial charge in [-0.15, -0.1) is 0 Å². The normalized spacial score (nSPS) is 15.4. The van der Waals surface area contributed by atoms with Gasteiger partial charge in [0.2, 0.25) is 5.91 Å². The first-order valence-electron chi connectivity index (χ1n) is 6.77. The van der Waals surface area contributed by atoms with Gasteiger partial charge in [-0.3, -0.25) is 4.79 Å². The van der Waals surface area contributed by atoms with Gasteiger partial charge in [-0.25, -0.2) is 0 Å². The second-order valence-corrected chi connectivity index (χ2v) is 5.12. The highest BCUT2D eigenvalue weighted by atomic mass is 16.2. The molecule has 98 valence electrons. The molecule has 0 atom stereocenters. The van der Waals surface area contributed by atoms with E-state index in [9.17, 15) is 4.79 Å². The van der Waals surface area contributed by atoms with Crippen LogP contribution in [0.5, 0.6) is 0 Å². The third-order valence-corrected chi connectivity index (χ3v) is 3.68. The first-order chi connectivity index (χ1) is 9.24. The molecule has 1 aromatic heterocycles. The Morgan fingerprint density at radius 1 is 1.37 bits per heavy atom. The number of aromatic nitrogens is 1. The predicted molar refractivity (Wildman–Crippen MR) is 76.8 cm³/mol. The van der Waals surface area contributed by atoms with Crippen LogP contribution in [0, 0.1) is 6.92 Å². The Morgan fingerprint density at radius 2 is 2.26 bits per heavy atom. The molecule has 0 unspecified atom stereocenters. The Balaban J connectivity index is 1.78. The van der Waals surface area contributed by atoms with Crippen LogP contribution in [-0.4, -0.2) is 22.3 Å². The Kier molecular flexibility index (Phi) is 3.11. The third kappa shape index (κ3) is 2.41. The molecule has 0 bridgehead atoms. The van der Waals surface area contributed by atoms with Crippen molar-refractivity contribution in [2.24, 2.45) is 0 Å². The maximum atomic E-state index is 11.7. The number of hydrogen-bond donors (Lipinski definition) is 1. The highest BCUT2D eigenvalue weighted by molar-refractivity contribution is 5.84. The van der Waals surface area contributed by atoms with Gasteiger partial charge in [0.25, 0.3) is 0 Å². The number of benzene rings is 1. The van der Waals surface area contributed by atoms with Crippen LogP contribution in [0.2, 0.25) is 0 Å². The molecule has 1 aliphatic heterocycles. The van der Waals surface area contributed by atoms with Crippen LogP contribution < -0.4 is 0 Å². The quantitative estimate of drug-likeness (QED) is 0.897. The summed E-state index contributed by atoms with van der Waals surface area (Å²) in [7, 11) is 0. The number of nitrogens with zero attached hydrogens (tertiary/aromatic N) is 1. The highest BCUT2D eigenvalue weighted by Gasteiger charge is 2.14. The zero-order valence-electron chi connectivity index (χ0n) is 11.1. The topological polar surface area (TPSA) is 36.1 Å². The van der Waals surface area contributed by atoms with Crippen molar-refractivity contribution < 1.29 is 4.79 Å². The van der Waals surface area contributed by atoms with Crippen LogP contribution in [0.15, 0.2) is 36.7 Å². The fourth-order valence-electron chi connectivity index (χ4n) is 2.57. The Bertz CT molecular complexity index is 639. The molecule has 0 fully saturated rings. The lowest BCUT2D eigenvalue weighted by Crippen LogP contribution is -2.29. The molecule has 1 aromatic carbocycles. The molecule has 1 aliphatic rings. The summed E-state index contributed by atoms with van der Waals surface area (Å²) in [6.07, 6.45) is 8.46. The first-order valence-corrected chi connectivity index (χ1v) is 6.77. The number of allylic oxidation sites excluding steroid dienone is 1. The first kappa shape index (κ1) is 12.0. The number of fused-ring (bicyclic) bond motifs is 1. The summed E-state index contributed by atoms with van der Waals surface area (Å²) in [5, 5.41) is 1.27. The zero-order valence-corrected chi connectivity index (χ0v) is 11.1. The average molecular weight is 254 g/mol. The number of aromatic amines is 1. The standard InChI is InChI=1S/C16H18N2O/c1-12-5-6-15-14(10-12)13(11-17-15)7-9-18-8-3-2-4-16(18)19/h3,5-6,8,10-11,17H,2,4,7,9H2,1H3. The van der Waals surface area contributed by atoms with Gasteiger partial charge in [-0.2, -0.15) is 0 Å². The number of aryl methyl sites for hydroxylation is 1. The van der Waals surface area contributed by atoms with Crippen molar-refractivity contribution in [3.63, 3.8) is 0 Å². The van der Waals surface area contributed by atoms with E-state index in [-0.39, 0.29) is 5.91 Å². The van der Waals surface area contributed by atoms with Crippen LogP contribution in [0.25, 0.3) is 10.9 Å². The highest BCUT2D eigenvalue weighted by Crippen LogP contribution is 2.20. The maximum Gasteiger partial charge on any atom is 0.226 e. The summed E-state index contributed by atoms with van der Waals surface area (Å²) in [6.45, 7) is 2.86. The molecule has 2 aromatic rings. The van der Waals surface area contributed by atoms with E-state index in [1.165, 1.54) is 22.0 Å². The minimum Gasteiger partial charge on any atom is -0.361 e. The largest absolute Gasteiger partial charge is 0.361 e. The minimum atomic E-state index is 0.235. The third-order valence-electron chi connectivity index (χ3n) is 3.68. The van der Waals surface area contributed by atoms with Crippen LogP contribution in [0.1, 0.15) is 24.0 Å². The van der Waals surface area contributed by atoms with E-state index >= 15 is 0 Å². The lowest BCUT2D eigenvalue weighted by Gasteiger charge is -2.21. The molecule has 3 nitrogen and oxygen atoms in total. The number of H-pyrrole nitrogens is 1. The van der Waals surface area contributed by atoms with Crippen LogP contribution in [-0.2, 0) is 11.2 Å². The van der Waals surface area contributed by atoms with Gasteiger partial charge < -0.3 is 9.88 Å². The van der Waals surface area contributed by atoms with Gasteiger partial charge in [-0.1, -0.05) is 17.7 Å². The lowest BCUT2D eigenvalue weighted by molar-refractivity contribution is -0.129. The summed E-state index contributed by atoms with van der Waals surface area (Å²) in [5.74, 6) is 0.235. The van der Waals surface area contributed by atoms with Crippen molar-refractivity contribution in [2.75, 3.05) is 6.54 Å². The molecule has 19 heavy (non-hydrogen) atoms. The van der Waals surface area contributed by atoms with Crippen molar-refractivity contribution >= 4 is 16.8 Å². The molecular weight excluding hydrogens is 236 g/mol. The molecule has 1 amide bonds. The maximum absolute atomic E-state index is 11.7. The fraction of sp³-hybridized carbons (Fsp3) is 0.312. The van der Waals surface area contributed by atoms with E-state index in [1.807, 2.05) is 11.1 Å². The fourth-order valence-corrected chi connectivity index (χ4v) is 2.57. The number of hydrogen-bond acceptors (Lipinski definition) is 1.